The van der Waals surface area contributed by atoms with Gasteiger partial charge in [0.25, 0.3) is 0 Å². The van der Waals surface area contributed by atoms with Gasteiger partial charge in [-0.3, -0.25) is 4.79 Å². The van der Waals surface area contributed by atoms with Gasteiger partial charge in [0, 0.05) is 12.3 Å². The second kappa shape index (κ2) is 3.84. The van der Waals surface area contributed by atoms with Crippen LogP contribution in [0.1, 0.15) is 65.2 Å². The molecule has 2 nitrogen and oxygen atoms in total. The van der Waals surface area contributed by atoms with Crippen molar-refractivity contribution in [3.63, 3.8) is 0 Å². The molecule has 5 atom stereocenters. The molecule has 4 rings (SSSR count). The number of carbonyl (C=O) groups excluding carboxylic acids is 1. The molecule has 0 aromatic rings. The largest absolute Gasteiger partial charge is 0.365 e. The molecule has 0 aromatic heterocycles. The minimum Gasteiger partial charge on any atom is -0.365 e. The molecular formula is C17H26O2. The van der Waals surface area contributed by atoms with E-state index in [1.54, 1.807) is 0 Å². The lowest BCUT2D eigenvalue weighted by Crippen LogP contribution is -2.34. The quantitative estimate of drug-likeness (QED) is 0.623. The molecule has 0 aromatic carbocycles. The minimum atomic E-state index is 0.143. The van der Waals surface area contributed by atoms with E-state index in [0.29, 0.717) is 29.6 Å². The molecular weight excluding hydrogens is 236 g/mol. The zero-order valence-corrected chi connectivity index (χ0v) is 12.3. The maximum atomic E-state index is 12.7. The van der Waals surface area contributed by atoms with Crippen molar-refractivity contribution in [3.05, 3.63) is 0 Å². The van der Waals surface area contributed by atoms with Crippen LogP contribution in [0.5, 0.6) is 0 Å². The fourth-order valence-corrected chi connectivity index (χ4v) is 5.60. The van der Waals surface area contributed by atoms with Gasteiger partial charge in [0.05, 0.1) is 6.10 Å². The SMILES string of the molecule is CC1(C)[C@H]2CC[C@]13O[C@H]3C[C@H]1CCCC[C@H]1C(=O)C2. The van der Waals surface area contributed by atoms with Gasteiger partial charge in [-0.25, -0.2) is 0 Å². The van der Waals surface area contributed by atoms with Gasteiger partial charge < -0.3 is 4.74 Å². The van der Waals surface area contributed by atoms with E-state index >= 15 is 0 Å². The summed E-state index contributed by atoms with van der Waals surface area (Å²) in [7, 11) is 0. The van der Waals surface area contributed by atoms with Gasteiger partial charge in [-0.2, -0.15) is 0 Å². The van der Waals surface area contributed by atoms with E-state index in [1.807, 2.05) is 0 Å². The first kappa shape index (κ1) is 12.4. The number of hydrogen-bond acceptors (Lipinski definition) is 2. The maximum absolute atomic E-state index is 12.7. The number of hydrogen-bond donors (Lipinski definition) is 0. The van der Waals surface area contributed by atoms with E-state index in [2.05, 4.69) is 13.8 Å². The molecule has 1 saturated heterocycles. The second-order valence-electron chi connectivity index (χ2n) is 8.01. The van der Waals surface area contributed by atoms with Crippen molar-refractivity contribution >= 4 is 5.78 Å². The zero-order valence-electron chi connectivity index (χ0n) is 12.3. The highest BCUT2D eigenvalue weighted by Gasteiger charge is 2.70. The molecule has 3 saturated carbocycles. The van der Waals surface area contributed by atoms with Gasteiger partial charge in [0.15, 0.2) is 0 Å². The highest BCUT2D eigenvalue weighted by Crippen LogP contribution is 2.66. The highest BCUT2D eigenvalue weighted by atomic mass is 16.6. The van der Waals surface area contributed by atoms with Gasteiger partial charge in [0.1, 0.15) is 11.4 Å². The third-order valence-corrected chi connectivity index (χ3v) is 7.08. The van der Waals surface area contributed by atoms with E-state index in [1.165, 1.54) is 32.1 Å². The average Bonchev–Trinajstić information content (AvgIpc) is 3.03. The Labute approximate surface area is 116 Å². The monoisotopic (exact) mass is 262 g/mol. The average molecular weight is 262 g/mol. The summed E-state index contributed by atoms with van der Waals surface area (Å²) in [6.07, 6.45) is 9.83. The fourth-order valence-electron chi connectivity index (χ4n) is 5.60. The number of epoxide rings is 1. The Morgan fingerprint density at radius 3 is 2.79 bits per heavy atom. The van der Waals surface area contributed by atoms with Crippen LogP contribution in [-0.2, 0) is 9.53 Å². The second-order valence-corrected chi connectivity index (χ2v) is 8.01. The van der Waals surface area contributed by atoms with Crippen LogP contribution in [0.15, 0.2) is 0 Å². The summed E-state index contributed by atoms with van der Waals surface area (Å²) in [5.41, 5.74) is 0.352. The fraction of sp³-hybridized carbons (Fsp3) is 0.941. The van der Waals surface area contributed by atoms with Crippen molar-refractivity contribution in [2.24, 2.45) is 23.2 Å². The molecule has 4 fully saturated rings. The summed E-state index contributed by atoms with van der Waals surface area (Å²) in [6.45, 7) is 4.71. The lowest BCUT2D eigenvalue weighted by molar-refractivity contribution is -0.127. The predicted molar refractivity (Wildman–Crippen MR) is 73.8 cm³/mol. The van der Waals surface area contributed by atoms with Crippen molar-refractivity contribution in [2.75, 3.05) is 0 Å². The molecule has 2 bridgehead atoms. The smallest absolute Gasteiger partial charge is 0.136 e. The molecule has 1 heterocycles. The van der Waals surface area contributed by atoms with Gasteiger partial charge in [0.2, 0.25) is 0 Å². The first-order valence-electron chi connectivity index (χ1n) is 8.25. The van der Waals surface area contributed by atoms with Gasteiger partial charge in [-0.05, 0) is 49.4 Å². The number of rotatable bonds is 0. The zero-order chi connectivity index (χ0) is 13.3. The topological polar surface area (TPSA) is 29.6 Å². The number of ether oxygens (including phenoxy) is 1. The van der Waals surface area contributed by atoms with E-state index in [0.717, 1.165) is 19.3 Å². The lowest BCUT2D eigenvalue weighted by atomic mass is 9.72. The maximum Gasteiger partial charge on any atom is 0.136 e. The van der Waals surface area contributed by atoms with E-state index in [-0.39, 0.29) is 11.0 Å². The van der Waals surface area contributed by atoms with Crippen LogP contribution in [-0.4, -0.2) is 17.5 Å². The normalized spacial score (nSPS) is 51.6. The molecule has 0 radical (unpaired) electrons. The molecule has 1 spiro atoms. The number of ketones is 1. The molecule has 1 aliphatic heterocycles. The predicted octanol–water partition coefficient (Wildman–Crippen LogP) is 3.73. The van der Waals surface area contributed by atoms with E-state index < -0.39 is 0 Å². The van der Waals surface area contributed by atoms with Crippen LogP contribution in [0.25, 0.3) is 0 Å². The lowest BCUT2D eigenvalue weighted by Gasteiger charge is -2.32. The standard InChI is InChI=1S/C17H26O2/c1-16(2)12-7-8-17(16)15(19-17)9-11-5-3-4-6-13(11)14(18)10-12/h11-13,15H,3-10H2,1-2H3/t11-,12+,13-,15+,17-/m1/s1. The Morgan fingerprint density at radius 2 is 1.95 bits per heavy atom. The molecule has 106 valence electrons. The van der Waals surface area contributed by atoms with Crippen LogP contribution in [0.2, 0.25) is 0 Å². The number of Topliss-reactive ketones (excluding diaryl/α,β-unsaturated/α-hetero) is 1. The number of carbonyl (C=O) groups is 1. The Hall–Kier alpha value is -0.370. The van der Waals surface area contributed by atoms with Gasteiger partial charge in [-0.15, -0.1) is 0 Å². The molecule has 4 aliphatic rings. The van der Waals surface area contributed by atoms with Crippen molar-refractivity contribution in [3.8, 4) is 0 Å². The number of fused-ring (bicyclic) bond motifs is 2. The Bertz CT molecular complexity index is 413. The Balaban J connectivity index is 1.68. The van der Waals surface area contributed by atoms with Crippen molar-refractivity contribution in [1.29, 1.82) is 0 Å². The first-order valence-corrected chi connectivity index (χ1v) is 8.25. The third-order valence-electron chi connectivity index (χ3n) is 7.08. The van der Waals surface area contributed by atoms with Crippen molar-refractivity contribution < 1.29 is 9.53 Å². The van der Waals surface area contributed by atoms with Crippen molar-refractivity contribution in [2.45, 2.75) is 76.9 Å². The third kappa shape index (κ3) is 1.55. The van der Waals surface area contributed by atoms with E-state index in [4.69, 9.17) is 4.74 Å². The first-order chi connectivity index (χ1) is 9.04. The summed E-state index contributed by atoms with van der Waals surface area (Å²) in [6, 6.07) is 0. The van der Waals surface area contributed by atoms with Crippen LogP contribution in [0.3, 0.4) is 0 Å². The summed E-state index contributed by atoms with van der Waals surface area (Å²) >= 11 is 0. The van der Waals surface area contributed by atoms with Gasteiger partial charge in [-0.1, -0.05) is 26.7 Å². The van der Waals surface area contributed by atoms with E-state index in [9.17, 15) is 4.79 Å². The van der Waals surface area contributed by atoms with Crippen LogP contribution in [0, 0.1) is 23.2 Å². The molecule has 0 unspecified atom stereocenters. The van der Waals surface area contributed by atoms with Gasteiger partial charge >= 0.3 is 0 Å². The molecule has 19 heavy (non-hydrogen) atoms. The molecule has 3 aliphatic carbocycles. The van der Waals surface area contributed by atoms with Crippen molar-refractivity contribution in [1.82, 2.24) is 0 Å². The highest BCUT2D eigenvalue weighted by molar-refractivity contribution is 5.82. The molecule has 0 N–H and O–H groups in total. The molecule has 0 amide bonds. The Morgan fingerprint density at radius 1 is 1.16 bits per heavy atom. The Kier molecular flexibility index (Phi) is 2.50. The summed E-state index contributed by atoms with van der Waals surface area (Å²) in [5.74, 6) is 2.14. The molecule has 2 heteroatoms. The summed E-state index contributed by atoms with van der Waals surface area (Å²) in [5, 5.41) is 0. The van der Waals surface area contributed by atoms with Crippen LogP contribution in [0.4, 0.5) is 0 Å². The summed E-state index contributed by atoms with van der Waals surface area (Å²) in [4.78, 5) is 12.7. The van der Waals surface area contributed by atoms with Crippen LogP contribution < -0.4 is 0 Å². The summed E-state index contributed by atoms with van der Waals surface area (Å²) < 4.78 is 6.26. The minimum absolute atomic E-state index is 0.143. The van der Waals surface area contributed by atoms with Crippen LogP contribution >= 0.6 is 0 Å².